The van der Waals surface area contributed by atoms with E-state index in [1.54, 1.807) is 18.2 Å². The SMILES string of the molecule is CC(C)c1ccc2[nH]c(=O)c(CNC(=O)COc3ccccc3F)cc2c1. The van der Waals surface area contributed by atoms with Crippen LogP contribution in [0.4, 0.5) is 4.39 Å². The quantitative estimate of drug-likeness (QED) is 0.700. The van der Waals surface area contributed by atoms with Gasteiger partial charge in [-0.3, -0.25) is 9.59 Å². The molecule has 0 spiro atoms. The molecule has 2 aromatic carbocycles. The zero-order valence-electron chi connectivity index (χ0n) is 15.2. The van der Waals surface area contributed by atoms with Crippen molar-refractivity contribution in [1.29, 1.82) is 0 Å². The van der Waals surface area contributed by atoms with Crippen molar-refractivity contribution in [3.63, 3.8) is 0 Å². The van der Waals surface area contributed by atoms with Crippen LogP contribution in [0.5, 0.6) is 5.75 Å². The summed E-state index contributed by atoms with van der Waals surface area (Å²) < 4.78 is 18.6. The van der Waals surface area contributed by atoms with Crippen LogP contribution >= 0.6 is 0 Å². The Labute approximate surface area is 156 Å². The van der Waals surface area contributed by atoms with Gasteiger partial charge in [0, 0.05) is 17.6 Å². The molecule has 1 amide bonds. The number of carbonyl (C=O) groups excluding carboxylic acids is 1. The number of aromatic nitrogens is 1. The molecule has 0 aliphatic heterocycles. The predicted molar refractivity (Wildman–Crippen MR) is 102 cm³/mol. The average molecular weight is 368 g/mol. The minimum absolute atomic E-state index is 0.0115. The molecule has 0 aliphatic rings. The smallest absolute Gasteiger partial charge is 0.258 e. The first-order valence-corrected chi connectivity index (χ1v) is 8.74. The van der Waals surface area contributed by atoms with Crippen LogP contribution in [-0.2, 0) is 11.3 Å². The van der Waals surface area contributed by atoms with Gasteiger partial charge in [0.25, 0.3) is 11.5 Å². The monoisotopic (exact) mass is 368 g/mol. The summed E-state index contributed by atoms with van der Waals surface area (Å²) in [5, 5.41) is 3.54. The van der Waals surface area contributed by atoms with Crippen molar-refractivity contribution >= 4 is 16.8 Å². The summed E-state index contributed by atoms with van der Waals surface area (Å²) in [5.41, 5.74) is 2.11. The number of halogens is 1. The van der Waals surface area contributed by atoms with Gasteiger partial charge in [0.15, 0.2) is 18.2 Å². The van der Waals surface area contributed by atoms with Gasteiger partial charge in [0.1, 0.15) is 0 Å². The first-order chi connectivity index (χ1) is 12.9. The molecule has 140 valence electrons. The lowest BCUT2D eigenvalue weighted by Crippen LogP contribution is -2.30. The van der Waals surface area contributed by atoms with Crippen LogP contribution in [0.1, 0.15) is 30.9 Å². The van der Waals surface area contributed by atoms with Gasteiger partial charge in [0.05, 0.1) is 0 Å². The van der Waals surface area contributed by atoms with Gasteiger partial charge < -0.3 is 15.0 Å². The maximum absolute atomic E-state index is 13.5. The minimum atomic E-state index is -0.530. The highest BCUT2D eigenvalue weighted by Gasteiger charge is 2.09. The van der Waals surface area contributed by atoms with Crippen LogP contribution in [-0.4, -0.2) is 17.5 Å². The highest BCUT2D eigenvalue weighted by molar-refractivity contribution is 5.80. The normalized spacial score (nSPS) is 11.0. The molecule has 0 radical (unpaired) electrons. The van der Waals surface area contributed by atoms with E-state index in [0.29, 0.717) is 11.5 Å². The topological polar surface area (TPSA) is 71.2 Å². The molecule has 5 nitrogen and oxygen atoms in total. The Morgan fingerprint density at radius 3 is 2.70 bits per heavy atom. The van der Waals surface area contributed by atoms with Crippen molar-refractivity contribution in [3.05, 3.63) is 75.8 Å². The summed E-state index contributed by atoms with van der Waals surface area (Å²) in [5.74, 6) is -0.580. The lowest BCUT2D eigenvalue weighted by atomic mass is 10.0. The van der Waals surface area contributed by atoms with E-state index in [-0.39, 0.29) is 24.5 Å². The van der Waals surface area contributed by atoms with E-state index in [2.05, 4.69) is 24.1 Å². The van der Waals surface area contributed by atoms with Gasteiger partial charge in [-0.1, -0.05) is 32.0 Å². The van der Waals surface area contributed by atoms with E-state index in [9.17, 15) is 14.0 Å². The van der Waals surface area contributed by atoms with Gasteiger partial charge >= 0.3 is 0 Å². The van der Waals surface area contributed by atoms with Crippen LogP contribution in [0.3, 0.4) is 0 Å². The van der Waals surface area contributed by atoms with Gasteiger partial charge in [-0.15, -0.1) is 0 Å². The zero-order chi connectivity index (χ0) is 19.4. The molecular formula is C21H21FN2O3. The highest BCUT2D eigenvalue weighted by atomic mass is 19.1. The van der Waals surface area contributed by atoms with Crippen LogP contribution in [0, 0.1) is 5.82 Å². The Balaban J connectivity index is 1.67. The van der Waals surface area contributed by atoms with Crippen LogP contribution in [0.25, 0.3) is 10.9 Å². The summed E-state index contributed by atoms with van der Waals surface area (Å²) >= 11 is 0. The van der Waals surface area contributed by atoms with Crippen LogP contribution < -0.4 is 15.6 Å². The number of rotatable bonds is 6. The third kappa shape index (κ3) is 4.53. The zero-order valence-corrected chi connectivity index (χ0v) is 15.2. The summed E-state index contributed by atoms with van der Waals surface area (Å²) in [4.78, 5) is 27.0. The second-order valence-corrected chi connectivity index (χ2v) is 6.62. The van der Waals surface area contributed by atoms with Gasteiger partial charge in [-0.2, -0.15) is 0 Å². The van der Waals surface area contributed by atoms with Crippen molar-refractivity contribution in [2.45, 2.75) is 26.3 Å². The Hall–Kier alpha value is -3.15. The minimum Gasteiger partial charge on any atom is -0.481 e. The Bertz CT molecular complexity index is 1030. The van der Waals surface area contributed by atoms with Gasteiger partial charge in [-0.05, 0) is 47.2 Å². The van der Waals surface area contributed by atoms with Crippen molar-refractivity contribution in [2.24, 2.45) is 0 Å². The summed E-state index contributed by atoms with van der Waals surface area (Å²) in [6.45, 7) is 3.94. The lowest BCUT2D eigenvalue weighted by molar-refractivity contribution is -0.123. The second kappa shape index (κ2) is 8.03. The number of benzene rings is 2. The summed E-state index contributed by atoms with van der Waals surface area (Å²) in [7, 11) is 0. The number of H-pyrrole nitrogens is 1. The molecule has 0 atom stereocenters. The van der Waals surface area contributed by atoms with Crippen molar-refractivity contribution in [1.82, 2.24) is 10.3 Å². The van der Waals surface area contributed by atoms with Gasteiger partial charge in [-0.25, -0.2) is 4.39 Å². The molecule has 2 N–H and O–H groups in total. The number of amides is 1. The predicted octanol–water partition coefficient (Wildman–Crippen LogP) is 3.49. The summed E-state index contributed by atoms with van der Waals surface area (Å²) in [6.07, 6.45) is 0. The average Bonchev–Trinajstić information content (AvgIpc) is 2.65. The maximum Gasteiger partial charge on any atom is 0.258 e. The molecule has 1 heterocycles. The molecule has 0 unspecified atom stereocenters. The fraction of sp³-hybridized carbons (Fsp3) is 0.238. The lowest BCUT2D eigenvalue weighted by Gasteiger charge is -2.10. The van der Waals surface area contributed by atoms with Crippen molar-refractivity contribution in [2.75, 3.05) is 6.61 Å². The highest BCUT2D eigenvalue weighted by Crippen LogP contribution is 2.20. The number of fused-ring (bicyclic) bond motifs is 1. The molecule has 0 aliphatic carbocycles. The number of hydrogen-bond donors (Lipinski definition) is 2. The fourth-order valence-corrected chi connectivity index (χ4v) is 2.71. The van der Waals surface area contributed by atoms with E-state index in [1.165, 1.54) is 17.7 Å². The standard InChI is InChI=1S/C21H21FN2O3/c1-13(2)14-7-8-18-15(9-14)10-16(21(26)24-18)11-23-20(25)12-27-19-6-4-3-5-17(19)22/h3-10,13H,11-12H2,1-2H3,(H,23,25)(H,24,26). The molecular weight excluding hydrogens is 347 g/mol. The number of para-hydroxylation sites is 1. The number of aromatic amines is 1. The van der Waals surface area contributed by atoms with Gasteiger partial charge in [0.2, 0.25) is 0 Å². The molecule has 0 fully saturated rings. The maximum atomic E-state index is 13.5. The largest absolute Gasteiger partial charge is 0.481 e. The Morgan fingerprint density at radius 1 is 1.19 bits per heavy atom. The van der Waals surface area contributed by atoms with Crippen LogP contribution in [0.2, 0.25) is 0 Å². The molecule has 0 bridgehead atoms. The molecule has 0 saturated heterocycles. The number of hydrogen-bond acceptors (Lipinski definition) is 3. The molecule has 3 aromatic rings. The second-order valence-electron chi connectivity index (χ2n) is 6.62. The van der Waals surface area contributed by atoms with E-state index in [4.69, 9.17) is 4.74 Å². The Morgan fingerprint density at radius 2 is 1.96 bits per heavy atom. The molecule has 1 aromatic heterocycles. The van der Waals surface area contributed by atoms with E-state index < -0.39 is 11.7 Å². The first-order valence-electron chi connectivity index (χ1n) is 8.74. The molecule has 27 heavy (non-hydrogen) atoms. The number of pyridine rings is 1. The molecule has 6 heteroatoms. The van der Waals surface area contributed by atoms with Crippen molar-refractivity contribution in [3.8, 4) is 5.75 Å². The first kappa shape index (κ1) is 18.6. The number of carbonyl (C=O) groups is 1. The van der Waals surface area contributed by atoms with E-state index >= 15 is 0 Å². The van der Waals surface area contributed by atoms with Crippen LogP contribution in [0.15, 0.2) is 53.3 Å². The Kier molecular flexibility index (Phi) is 5.54. The third-order valence-corrected chi connectivity index (χ3v) is 4.28. The van der Waals surface area contributed by atoms with E-state index in [1.807, 2.05) is 18.2 Å². The summed E-state index contributed by atoms with van der Waals surface area (Å²) in [6, 6.07) is 13.5. The molecule has 0 saturated carbocycles. The number of ether oxygens (including phenoxy) is 1. The van der Waals surface area contributed by atoms with Crippen molar-refractivity contribution < 1.29 is 13.9 Å². The third-order valence-electron chi connectivity index (χ3n) is 4.28. The number of nitrogens with one attached hydrogen (secondary N) is 2. The van der Waals surface area contributed by atoms with E-state index in [0.717, 1.165) is 10.9 Å². The molecule has 3 rings (SSSR count). The fourth-order valence-electron chi connectivity index (χ4n) is 2.71.